The van der Waals surface area contributed by atoms with Gasteiger partial charge in [-0.05, 0) is 39.5 Å². The van der Waals surface area contributed by atoms with Crippen molar-refractivity contribution in [3.05, 3.63) is 12.2 Å². The molecule has 7 nitrogen and oxygen atoms in total. The maximum absolute atomic E-state index is 12.6. The highest BCUT2D eigenvalue weighted by Crippen LogP contribution is 2.23. The molecule has 2 amide bonds. The molecule has 0 aromatic carbocycles. The number of nitrogens with zero attached hydrogens (tertiary/aromatic N) is 1. The summed E-state index contributed by atoms with van der Waals surface area (Å²) in [6.45, 7) is 13.0. The Hall–Kier alpha value is -1.96. The van der Waals surface area contributed by atoms with Crippen molar-refractivity contribution in [1.82, 2.24) is 10.2 Å². The minimum absolute atomic E-state index is 0.0908. The zero-order valence-corrected chi connectivity index (χ0v) is 16.8. The highest BCUT2D eigenvalue weighted by molar-refractivity contribution is 7.80. The van der Waals surface area contributed by atoms with E-state index in [9.17, 15) is 19.5 Å². The normalized spacial score (nSPS) is 19.3. The van der Waals surface area contributed by atoms with E-state index in [0.717, 1.165) is 0 Å². The lowest BCUT2D eigenvalue weighted by atomic mass is 9.93. The Morgan fingerprint density at radius 3 is 2.46 bits per heavy atom. The van der Waals surface area contributed by atoms with E-state index < -0.39 is 35.5 Å². The molecule has 1 heterocycles. The average Bonchev–Trinajstić information content (AvgIpc) is 2.46. The highest BCUT2D eigenvalue weighted by atomic mass is 32.1. The van der Waals surface area contributed by atoms with Crippen LogP contribution in [0.15, 0.2) is 12.2 Å². The molecule has 1 rings (SSSR count). The number of hydrogen-bond acceptors (Lipinski definition) is 5. The van der Waals surface area contributed by atoms with Crippen LogP contribution in [0.4, 0.5) is 4.79 Å². The SMILES string of the molecule is C=C1C(=O)N(C(=S)[C@@H](CC(C)C)C(=O)O)CC[C@@H]1NC(=O)OC(C)(C)C. The zero-order chi connectivity index (χ0) is 20.2. The van der Waals surface area contributed by atoms with Gasteiger partial charge in [0.05, 0.1) is 11.0 Å². The van der Waals surface area contributed by atoms with Crippen LogP contribution in [0.2, 0.25) is 0 Å². The number of piperidine rings is 1. The minimum Gasteiger partial charge on any atom is -0.481 e. The van der Waals surface area contributed by atoms with Crippen LogP contribution in [-0.4, -0.2) is 51.2 Å². The number of rotatable bonds is 5. The molecule has 0 aromatic heterocycles. The van der Waals surface area contributed by atoms with Gasteiger partial charge in [0, 0.05) is 12.1 Å². The predicted molar refractivity (Wildman–Crippen MR) is 102 cm³/mol. The van der Waals surface area contributed by atoms with E-state index in [0.29, 0.717) is 12.8 Å². The van der Waals surface area contributed by atoms with Crippen LogP contribution in [0, 0.1) is 11.8 Å². The summed E-state index contributed by atoms with van der Waals surface area (Å²) in [4.78, 5) is 37.4. The fourth-order valence-electron chi connectivity index (χ4n) is 2.64. The topological polar surface area (TPSA) is 95.9 Å². The largest absolute Gasteiger partial charge is 0.481 e. The number of carboxylic acids is 1. The maximum atomic E-state index is 12.6. The third-order valence-corrected chi connectivity index (χ3v) is 4.35. The molecule has 2 atom stereocenters. The molecule has 1 fully saturated rings. The second-order valence-electron chi connectivity index (χ2n) is 7.83. The summed E-state index contributed by atoms with van der Waals surface area (Å²) >= 11 is 5.29. The zero-order valence-electron chi connectivity index (χ0n) is 16.0. The summed E-state index contributed by atoms with van der Waals surface area (Å²) in [5, 5.41) is 12.1. The van der Waals surface area contributed by atoms with Crippen molar-refractivity contribution in [2.24, 2.45) is 11.8 Å². The quantitative estimate of drug-likeness (QED) is 0.559. The number of nitrogens with one attached hydrogen (secondary N) is 1. The number of carbonyl (C=O) groups is 3. The van der Waals surface area contributed by atoms with Gasteiger partial charge in [-0.1, -0.05) is 32.6 Å². The number of ether oxygens (including phenoxy) is 1. The minimum atomic E-state index is -1.05. The molecule has 8 heteroatoms. The van der Waals surface area contributed by atoms with Gasteiger partial charge in [-0.3, -0.25) is 9.59 Å². The van der Waals surface area contributed by atoms with Crippen molar-refractivity contribution < 1.29 is 24.2 Å². The van der Waals surface area contributed by atoms with Gasteiger partial charge in [0.2, 0.25) is 0 Å². The predicted octanol–water partition coefficient (Wildman–Crippen LogP) is 2.74. The fourth-order valence-corrected chi connectivity index (χ4v) is 3.01. The lowest BCUT2D eigenvalue weighted by molar-refractivity contribution is -0.140. The van der Waals surface area contributed by atoms with Crippen LogP contribution in [0.1, 0.15) is 47.5 Å². The van der Waals surface area contributed by atoms with Crippen LogP contribution in [-0.2, 0) is 14.3 Å². The van der Waals surface area contributed by atoms with Crippen molar-refractivity contribution in [3.63, 3.8) is 0 Å². The summed E-state index contributed by atoms with van der Waals surface area (Å²) < 4.78 is 5.19. The van der Waals surface area contributed by atoms with Gasteiger partial charge in [-0.25, -0.2) is 4.79 Å². The Morgan fingerprint density at radius 1 is 1.42 bits per heavy atom. The molecule has 0 unspecified atom stereocenters. The Bertz CT molecular complexity index is 609. The van der Waals surface area contributed by atoms with E-state index in [4.69, 9.17) is 17.0 Å². The van der Waals surface area contributed by atoms with Crippen LogP contribution in [0.5, 0.6) is 0 Å². The van der Waals surface area contributed by atoms with E-state index in [-0.39, 0.29) is 23.0 Å². The highest BCUT2D eigenvalue weighted by Gasteiger charge is 2.37. The van der Waals surface area contributed by atoms with E-state index in [2.05, 4.69) is 11.9 Å². The molecule has 26 heavy (non-hydrogen) atoms. The van der Waals surface area contributed by atoms with Gasteiger partial charge in [0.15, 0.2) is 0 Å². The standard InChI is InChI=1S/C18H28N2O5S/c1-10(2)9-12(16(22)23)15(26)20-8-7-13(11(3)14(20)21)19-17(24)25-18(4,5)6/h10,12-13H,3,7-9H2,1-2,4-6H3,(H,19,24)(H,22,23)/t12-,13+/m1/s1. The van der Waals surface area contributed by atoms with E-state index in [1.54, 1.807) is 20.8 Å². The summed E-state index contributed by atoms with van der Waals surface area (Å²) in [5.41, 5.74) is -0.485. The van der Waals surface area contributed by atoms with Gasteiger partial charge in [-0.2, -0.15) is 0 Å². The smallest absolute Gasteiger partial charge is 0.408 e. The van der Waals surface area contributed by atoms with E-state index in [1.807, 2.05) is 13.8 Å². The number of carboxylic acid groups (broad SMARTS) is 1. The molecular formula is C18H28N2O5S. The molecule has 1 saturated heterocycles. The lowest BCUT2D eigenvalue weighted by Gasteiger charge is -2.35. The van der Waals surface area contributed by atoms with Crippen LogP contribution in [0.25, 0.3) is 0 Å². The summed E-state index contributed by atoms with van der Waals surface area (Å²) in [6.07, 6.45) is 0.109. The van der Waals surface area contributed by atoms with Gasteiger partial charge in [0.25, 0.3) is 5.91 Å². The maximum Gasteiger partial charge on any atom is 0.408 e. The lowest BCUT2D eigenvalue weighted by Crippen LogP contribution is -2.53. The Labute approximate surface area is 159 Å². The van der Waals surface area contributed by atoms with Crippen molar-refractivity contribution in [2.75, 3.05) is 6.54 Å². The average molecular weight is 384 g/mol. The van der Waals surface area contributed by atoms with E-state index >= 15 is 0 Å². The number of thiocarbonyl (C=S) groups is 1. The molecule has 1 aliphatic heterocycles. The molecule has 0 saturated carbocycles. The Morgan fingerprint density at radius 2 is 2.00 bits per heavy atom. The number of hydrogen-bond donors (Lipinski definition) is 2. The van der Waals surface area contributed by atoms with Gasteiger partial charge in [-0.15, -0.1) is 0 Å². The third-order valence-electron chi connectivity index (χ3n) is 3.84. The first-order valence-corrected chi connectivity index (χ1v) is 9.01. The monoisotopic (exact) mass is 384 g/mol. The number of carbonyl (C=O) groups excluding carboxylic acids is 2. The van der Waals surface area contributed by atoms with E-state index in [1.165, 1.54) is 4.90 Å². The van der Waals surface area contributed by atoms with Crippen molar-refractivity contribution >= 4 is 35.2 Å². The number of aliphatic carboxylic acids is 1. The van der Waals surface area contributed by atoms with Gasteiger partial charge in [0.1, 0.15) is 11.5 Å². The van der Waals surface area contributed by atoms with Gasteiger partial charge >= 0.3 is 12.1 Å². The van der Waals surface area contributed by atoms with Crippen molar-refractivity contribution in [1.29, 1.82) is 0 Å². The number of amides is 2. The molecular weight excluding hydrogens is 356 g/mol. The fraction of sp³-hybridized carbons (Fsp3) is 0.667. The third kappa shape index (κ3) is 6.09. The van der Waals surface area contributed by atoms with Crippen LogP contribution < -0.4 is 5.32 Å². The van der Waals surface area contributed by atoms with Crippen molar-refractivity contribution in [3.8, 4) is 0 Å². The second kappa shape index (κ2) is 8.62. The molecule has 0 aromatic rings. The summed E-state index contributed by atoms with van der Waals surface area (Å²) in [6, 6.07) is -0.565. The molecule has 146 valence electrons. The molecule has 0 bridgehead atoms. The molecule has 0 radical (unpaired) electrons. The number of likely N-dealkylation sites (tertiary alicyclic amines) is 1. The van der Waals surface area contributed by atoms with Gasteiger partial charge < -0.3 is 20.1 Å². The number of alkyl carbamates (subject to hydrolysis) is 1. The second-order valence-corrected chi connectivity index (χ2v) is 8.25. The molecule has 0 spiro atoms. The first-order chi connectivity index (χ1) is 11.8. The Kier molecular flexibility index (Phi) is 7.32. The summed E-state index contributed by atoms with van der Waals surface area (Å²) in [7, 11) is 0. The molecule has 0 aliphatic carbocycles. The molecule has 1 aliphatic rings. The first-order valence-electron chi connectivity index (χ1n) is 8.60. The first kappa shape index (κ1) is 22.1. The van der Waals surface area contributed by atoms with Crippen LogP contribution >= 0.6 is 12.2 Å². The molecule has 2 N–H and O–H groups in total. The Balaban J connectivity index is 2.80. The van der Waals surface area contributed by atoms with Crippen LogP contribution in [0.3, 0.4) is 0 Å². The van der Waals surface area contributed by atoms with Crippen molar-refractivity contribution in [2.45, 2.75) is 59.1 Å². The summed E-state index contributed by atoms with van der Waals surface area (Å²) in [5.74, 6) is -2.29.